The van der Waals surface area contributed by atoms with Gasteiger partial charge in [0.1, 0.15) is 11.5 Å². The smallest absolute Gasteiger partial charge is 0.284 e. The molecule has 0 radical (unpaired) electrons. The lowest BCUT2D eigenvalue weighted by molar-refractivity contribution is 0.251. The van der Waals surface area contributed by atoms with Gasteiger partial charge in [-0.15, -0.1) is 0 Å². The molecule has 1 unspecified atom stereocenters. The molecule has 0 aliphatic heterocycles. The van der Waals surface area contributed by atoms with Crippen molar-refractivity contribution in [2.75, 3.05) is 14.2 Å². The van der Waals surface area contributed by atoms with E-state index in [-0.39, 0.29) is 11.8 Å². The third kappa shape index (κ3) is 5.37. The maximum absolute atomic E-state index is 12.2. The van der Waals surface area contributed by atoms with Gasteiger partial charge in [0.05, 0.1) is 26.5 Å². The number of thioether (sulfide) groups is 1. The lowest BCUT2D eigenvalue weighted by Gasteiger charge is -2.18. The molecule has 1 heterocycles. The monoisotopic (exact) mass is 371 g/mol. The summed E-state index contributed by atoms with van der Waals surface area (Å²) in [5, 5.41) is 3.38. The van der Waals surface area contributed by atoms with E-state index in [1.807, 2.05) is 32.0 Å². The highest BCUT2D eigenvalue weighted by Gasteiger charge is 2.14. The van der Waals surface area contributed by atoms with Gasteiger partial charge in [-0.3, -0.25) is 0 Å². The molecule has 2 rings (SSSR count). The van der Waals surface area contributed by atoms with Crippen LogP contribution in [-0.4, -0.2) is 20.0 Å². The van der Waals surface area contributed by atoms with Gasteiger partial charge in [-0.2, -0.15) is 8.78 Å². The number of hydrogen-bond acceptors (Lipinski definition) is 5. The Morgan fingerprint density at radius 1 is 1.12 bits per heavy atom. The Morgan fingerprint density at radius 2 is 1.76 bits per heavy atom. The summed E-state index contributed by atoms with van der Waals surface area (Å²) >= 11 is 0.555. The highest BCUT2D eigenvalue weighted by molar-refractivity contribution is 7.98. The molecule has 4 nitrogen and oxygen atoms in total. The van der Waals surface area contributed by atoms with Crippen molar-refractivity contribution in [3.05, 3.63) is 46.9 Å². The quantitative estimate of drug-likeness (QED) is 0.678. The van der Waals surface area contributed by atoms with Crippen molar-refractivity contribution in [2.24, 2.45) is 0 Å². The van der Waals surface area contributed by atoms with Gasteiger partial charge in [0, 0.05) is 6.04 Å². The van der Waals surface area contributed by atoms with Gasteiger partial charge in [0.15, 0.2) is 11.5 Å². The Balaban J connectivity index is 1.99. The van der Waals surface area contributed by atoms with E-state index in [2.05, 4.69) is 5.32 Å². The van der Waals surface area contributed by atoms with Crippen molar-refractivity contribution in [2.45, 2.75) is 37.9 Å². The highest BCUT2D eigenvalue weighted by atomic mass is 32.2. The second-order valence-corrected chi connectivity index (χ2v) is 6.58. The topological polar surface area (TPSA) is 43.6 Å². The Morgan fingerprint density at radius 3 is 2.40 bits per heavy atom. The molecular formula is C18H23F2NO3S. The van der Waals surface area contributed by atoms with Crippen LogP contribution in [0.5, 0.6) is 11.5 Å². The van der Waals surface area contributed by atoms with Crippen LogP contribution in [0.1, 0.15) is 35.6 Å². The lowest BCUT2D eigenvalue weighted by Crippen LogP contribution is -2.18. The van der Waals surface area contributed by atoms with E-state index in [4.69, 9.17) is 13.9 Å². The van der Waals surface area contributed by atoms with Crippen LogP contribution in [0, 0.1) is 6.92 Å². The first kappa shape index (κ1) is 19.6. The predicted octanol–water partition coefficient (Wildman–Crippen LogP) is 4.91. The molecule has 25 heavy (non-hydrogen) atoms. The van der Waals surface area contributed by atoms with Crippen molar-refractivity contribution in [3.63, 3.8) is 0 Å². The normalized spacial score (nSPS) is 12.4. The number of methoxy groups -OCH3 is 2. The molecule has 0 spiro atoms. The van der Waals surface area contributed by atoms with E-state index >= 15 is 0 Å². The Labute approximate surface area is 150 Å². The number of aryl methyl sites for hydroxylation is 1. The van der Waals surface area contributed by atoms with E-state index in [0.29, 0.717) is 35.6 Å². The Kier molecular flexibility index (Phi) is 7.13. The van der Waals surface area contributed by atoms with Gasteiger partial charge in [-0.25, -0.2) is 0 Å². The summed E-state index contributed by atoms with van der Waals surface area (Å²) < 4.78 is 40.7. The van der Waals surface area contributed by atoms with Gasteiger partial charge in [-0.1, -0.05) is 11.8 Å². The molecule has 0 aliphatic carbocycles. The minimum absolute atomic E-state index is 0.0591. The number of hydrogen-bond donors (Lipinski definition) is 1. The molecule has 0 fully saturated rings. The van der Waals surface area contributed by atoms with Crippen LogP contribution in [0.25, 0.3) is 0 Å². The number of benzene rings is 1. The third-order valence-electron chi connectivity index (χ3n) is 3.89. The van der Waals surface area contributed by atoms with E-state index in [1.165, 1.54) is 0 Å². The van der Waals surface area contributed by atoms with Crippen molar-refractivity contribution in [1.82, 2.24) is 5.32 Å². The van der Waals surface area contributed by atoms with E-state index in [1.54, 1.807) is 20.3 Å². The number of ether oxygens (including phenoxy) is 2. The highest BCUT2D eigenvalue weighted by Crippen LogP contribution is 2.33. The Bertz CT molecular complexity index is 691. The van der Waals surface area contributed by atoms with Crippen LogP contribution in [0.15, 0.2) is 28.7 Å². The van der Waals surface area contributed by atoms with Crippen molar-refractivity contribution in [3.8, 4) is 11.5 Å². The zero-order valence-corrected chi connectivity index (χ0v) is 15.6. The second-order valence-electron chi connectivity index (χ2n) is 5.61. The van der Waals surface area contributed by atoms with Crippen LogP contribution in [0.2, 0.25) is 0 Å². The molecule has 0 aliphatic rings. The molecule has 1 N–H and O–H groups in total. The first-order valence-corrected chi connectivity index (χ1v) is 8.92. The van der Waals surface area contributed by atoms with E-state index < -0.39 is 5.76 Å². The molecule has 0 saturated carbocycles. The average Bonchev–Trinajstić information content (AvgIpc) is 3.05. The van der Waals surface area contributed by atoms with Crippen molar-refractivity contribution >= 4 is 11.8 Å². The molecule has 1 aromatic carbocycles. The second kappa shape index (κ2) is 9.10. The number of nitrogens with one attached hydrogen (secondary N) is 1. The first-order chi connectivity index (χ1) is 11.9. The molecule has 0 saturated heterocycles. The van der Waals surface area contributed by atoms with Gasteiger partial charge in [-0.05, 0) is 49.2 Å². The van der Waals surface area contributed by atoms with Crippen LogP contribution >= 0.6 is 11.8 Å². The fourth-order valence-corrected chi connectivity index (χ4v) is 3.01. The number of halogens is 2. The van der Waals surface area contributed by atoms with Crippen molar-refractivity contribution < 1.29 is 22.7 Å². The number of furan rings is 1. The fraction of sp³-hybridized carbons (Fsp3) is 0.444. The maximum atomic E-state index is 12.2. The zero-order chi connectivity index (χ0) is 18.4. The van der Waals surface area contributed by atoms with Crippen LogP contribution in [0.4, 0.5) is 8.78 Å². The van der Waals surface area contributed by atoms with Crippen LogP contribution < -0.4 is 14.8 Å². The minimum Gasteiger partial charge on any atom is -0.493 e. The molecule has 1 aromatic heterocycles. The summed E-state index contributed by atoms with van der Waals surface area (Å²) in [6.45, 7) is 4.57. The zero-order valence-electron chi connectivity index (χ0n) is 14.8. The molecule has 1 atom stereocenters. The first-order valence-electron chi connectivity index (χ1n) is 7.87. The fourth-order valence-electron chi connectivity index (χ4n) is 2.57. The summed E-state index contributed by atoms with van der Waals surface area (Å²) in [7, 11) is 3.22. The molecule has 2 aromatic rings. The molecule has 0 bridgehead atoms. The van der Waals surface area contributed by atoms with Gasteiger partial charge >= 0.3 is 0 Å². The molecule has 138 valence electrons. The molecule has 0 amide bonds. The summed E-state index contributed by atoms with van der Waals surface area (Å²) in [5.74, 6) is 0.429. The maximum Gasteiger partial charge on any atom is 0.284 e. The third-order valence-corrected chi connectivity index (χ3v) is 4.59. The molecular weight excluding hydrogens is 348 g/mol. The number of alkyl halides is 2. The largest absolute Gasteiger partial charge is 0.493 e. The predicted molar refractivity (Wildman–Crippen MR) is 95.5 cm³/mol. The minimum atomic E-state index is -2.39. The summed E-state index contributed by atoms with van der Waals surface area (Å²) in [6, 6.07) is 7.50. The van der Waals surface area contributed by atoms with Gasteiger partial charge in [0.25, 0.3) is 5.76 Å². The Hall–Kier alpha value is -1.73. The SMILES string of the molecule is COc1cc(C)c(C(C)NCc2ccc(CSC(F)F)o2)cc1OC. The summed E-state index contributed by atoms with van der Waals surface area (Å²) in [4.78, 5) is 0. The standard InChI is InChI=1S/C18H23F2NO3S/c1-11-7-16(22-3)17(23-4)8-15(11)12(2)21-9-13-5-6-14(24-13)10-25-18(19)20/h5-8,12,18,21H,9-10H2,1-4H3. The van der Waals surface area contributed by atoms with Crippen molar-refractivity contribution in [1.29, 1.82) is 0 Å². The summed E-state index contributed by atoms with van der Waals surface area (Å²) in [5.41, 5.74) is 2.18. The van der Waals surface area contributed by atoms with Gasteiger partial charge < -0.3 is 19.2 Å². The van der Waals surface area contributed by atoms with Crippen LogP contribution in [-0.2, 0) is 12.3 Å². The lowest BCUT2D eigenvalue weighted by atomic mass is 10.0. The number of rotatable bonds is 9. The van der Waals surface area contributed by atoms with Crippen LogP contribution in [0.3, 0.4) is 0 Å². The summed E-state index contributed by atoms with van der Waals surface area (Å²) in [6.07, 6.45) is 0. The van der Waals surface area contributed by atoms with E-state index in [9.17, 15) is 8.78 Å². The van der Waals surface area contributed by atoms with E-state index in [0.717, 1.165) is 16.9 Å². The average molecular weight is 371 g/mol. The molecule has 7 heteroatoms. The van der Waals surface area contributed by atoms with Gasteiger partial charge in [0.2, 0.25) is 0 Å².